The lowest BCUT2D eigenvalue weighted by Crippen LogP contribution is -2.48. The summed E-state index contributed by atoms with van der Waals surface area (Å²) in [5.41, 5.74) is 5.63. The normalized spacial score (nSPS) is 24.6. The van der Waals surface area contributed by atoms with Gasteiger partial charge in [-0.15, -0.1) is 0 Å². The first-order chi connectivity index (χ1) is 6.83. The Kier molecular flexibility index (Phi) is 3.72. The maximum atomic E-state index is 11.8. The highest BCUT2D eigenvalue weighted by Crippen LogP contribution is 2.10. The SMILES string of the molecule is CC(N)C(C)C(=O)N1CCS(=O)(=O)CC1. The summed E-state index contributed by atoms with van der Waals surface area (Å²) in [7, 11) is -2.92. The van der Waals surface area contributed by atoms with Crippen LogP contribution in [0.4, 0.5) is 0 Å². The third-order valence-corrected chi connectivity index (χ3v) is 4.44. The van der Waals surface area contributed by atoms with Crippen molar-refractivity contribution in [3.05, 3.63) is 0 Å². The summed E-state index contributed by atoms with van der Waals surface area (Å²) < 4.78 is 22.3. The van der Waals surface area contributed by atoms with E-state index in [-0.39, 0.29) is 29.4 Å². The largest absolute Gasteiger partial charge is 0.340 e. The molecule has 0 aliphatic carbocycles. The van der Waals surface area contributed by atoms with Gasteiger partial charge in [-0.2, -0.15) is 0 Å². The monoisotopic (exact) mass is 234 g/mol. The average molecular weight is 234 g/mol. The predicted molar refractivity (Wildman–Crippen MR) is 58.0 cm³/mol. The van der Waals surface area contributed by atoms with E-state index in [1.165, 1.54) is 0 Å². The van der Waals surface area contributed by atoms with Crippen molar-refractivity contribution in [1.82, 2.24) is 4.90 Å². The zero-order valence-electron chi connectivity index (χ0n) is 9.14. The molecule has 1 amide bonds. The fraction of sp³-hybridized carbons (Fsp3) is 0.889. The number of nitrogens with zero attached hydrogens (tertiary/aromatic N) is 1. The van der Waals surface area contributed by atoms with Gasteiger partial charge < -0.3 is 10.6 Å². The van der Waals surface area contributed by atoms with Crippen LogP contribution < -0.4 is 5.73 Å². The van der Waals surface area contributed by atoms with E-state index in [4.69, 9.17) is 5.73 Å². The Bertz CT molecular complexity index is 323. The second-order valence-corrected chi connectivity index (χ2v) is 6.43. The molecule has 0 spiro atoms. The first kappa shape index (κ1) is 12.4. The van der Waals surface area contributed by atoms with E-state index in [9.17, 15) is 13.2 Å². The number of nitrogens with two attached hydrogens (primary N) is 1. The van der Waals surface area contributed by atoms with Crippen LogP contribution >= 0.6 is 0 Å². The molecule has 1 aliphatic rings. The van der Waals surface area contributed by atoms with Crippen molar-refractivity contribution < 1.29 is 13.2 Å². The van der Waals surface area contributed by atoms with Crippen LogP contribution in [0, 0.1) is 5.92 Å². The summed E-state index contributed by atoms with van der Waals surface area (Å²) in [6.45, 7) is 4.16. The number of sulfone groups is 1. The van der Waals surface area contributed by atoms with E-state index in [0.717, 1.165) is 0 Å². The molecule has 2 atom stereocenters. The van der Waals surface area contributed by atoms with E-state index in [0.29, 0.717) is 13.1 Å². The topological polar surface area (TPSA) is 80.5 Å². The van der Waals surface area contributed by atoms with Crippen LogP contribution in [0.5, 0.6) is 0 Å². The molecule has 0 radical (unpaired) electrons. The molecular formula is C9H18N2O3S. The van der Waals surface area contributed by atoms with Crippen LogP contribution in [0.2, 0.25) is 0 Å². The zero-order valence-corrected chi connectivity index (χ0v) is 9.96. The smallest absolute Gasteiger partial charge is 0.227 e. The Labute approximate surface area is 90.5 Å². The minimum absolute atomic E-state index is 0.0418. The van der Waals surface area contributed by atoms with Crippen molar-refractivity contribution in [3.8, 4) is 0 Å². The summed E-state index contributed by atoms with van der Waals surface area (Å²) >= 11 is 0. The van der Waals surface area contributed by atoms with Crippen molar-refractivity contribution in [1.29, 1.82) is 0 Å². The highest BCUT2D eigenvalue weighted by atomic mass is 32.2. The Morgan fingerprint density at radius 3 is 2.13 bits per heavy atom. The van der Waals surface area contributed by atoms with Gasteiger partial charge >= 0.3 is 0 Å². The third-order valence-electron chi connectivity index (χ3n) is 2.83. The van der Waals surface area contributed by atoms with Crippen molar-refractivity contribution >= 4 is 15.7 Å². The predicted octanol–water partition coefficient (Wildman–Crippen LogP) is -0.773. The summed E-state index contributed by atoms with van der Waals surface area (Å²) in [5, 5.41) is 0. The molecule has 88 valence electrons. The molecule has 1 fully saturated rings. The Balaban J connectivity index is 2.57. The molecule has 1 rings (SSSR count). The van der Waals surface area contributed by atoms with Crippen molar-refractivity contribution in [2.24, 2.45) is 11.7 Å². The van der Waals surface area contributed by atoms with Gasteiger partial charge in [-0.1, -0.05) is 6.92 Å². The summed E-state index contributed by atoms with van der Waals surface area (Å²) in [4.78, 5) is 13.4. The first-order valence-corrected chi connectivity index (χ1v) is 6.90. The summed E-state index contributed by atoms with van der Waals surface area (Å²) in [6, 6.07) is -0.198. The standard InChI is InChI=1S/C9H18N2O3S/c1-7(8(2)10)9(12)11-3-5-15(13,14)6-4-11/h7-8H,3-6,10H2,1-2H3. The van der Waals surface area contributed by atoms with Gasteiger partial charge in [-0.25, -0.2) is 8.42 Å². The van der Waals surface area contributed by atoms with Gasteiger partial charge in [-0.3, -0.25) is 4.79 Å². The number of hydrogen-bond donors (Lipinski definition) is 1. The lowest BCUT2D eigenvalue weighted by molar-refractivity contribution is -0.135. The van der Waals surface area contributed by atoms with Gasteiger partial charge in [0.2, 0.25) is 5.91 Å². The average Bonchev–Trinajstić information content (AvgIpc) is 2.15. The summed E-state index contributed by atoms with van der Waals surface area (Å²) in [6.07, 6.45) is 0. The maximum Gasteiger partial charge on any atom is 0.227 e. The lowest BCUT2D eigenvalue weighted by Gasteiger charge is -2.30. The van der Waals surface area contributed by atoms with Gasteiger partial charge in [0.05, 0.1) is 17.4 Å². The van der Waals surface area contributed by atoms with Crippen molar-refractivity contribution in [2.45, 2.75) is 19.9 Å². The summed E-state index contributed by atoms with van der Waals surface area (Å²) in [5.74, 6) is -0.139. The second-order valence-electron chi connectivity index (χ2n) is 4.12. The molecule has 1 heterocycles. The van der Waals surface area contributed by atoms with E-state index in [2.05, 4.69) is 0 Å². The van der Waals surface area contributed by atoms with Gasteiger partial charge in [0.25, 0.3) is 0 Å². The molecule has 0 aromatic heterocycles. The van der Waals surface area contributed by atoms with Crippen molar-refractivity contribution in [2.75, 3.05) is 24.6 Å². The van der Waals surface area contributed by atoms with Crippen LogP contribution in [0.3, 0.4) is 0 Å². The highest BCUT2D eigenvalue weighted by Gasteiger charge is 2.28. The third kappa shape index (κ3) is 3.17. The number of carbonyl (C=O) groups is 1. The van der Waals surface area contributed by atoms with E-state index in [1.54, 1.807) is 18.7 Å². The quantitative estimate of drug-likeness (QED) is 0.680. The Morgan fingerprint density at radius 1 is 1.27 bits per heavy atom. The fourth-order valence-electron chi connectivity index (χ4n) is 1.45. The van der Waals surface area contributed by atoms with Crippen LogP contribution in [0.15, 0.2) is 0 Å². The molecule has 15 heavy (non-hydrogen) atoms. The Hall–Kier alpha value is -0.620. The Morgan fingerprint density at radius 2 is 1.73 bits per heavy atom. The molecule has 2 unspecified atom stereocenters. The lowest BCUT2D eigenvalue weighted by atomic mass is 10.0. The molecule has 5 nitrogen and oxygen atoms in total. The molecule has 0 aromatic carbocycles. The van der Waals surface area contributed by atoms with Gasteiger partial charge in [0.15, 0.2) is 9.84 Å². The number of carbonyl (C=O) groups excluding carboxylic acids is 1. The molecule has 0 saturated carbocycles. The number of amides is 1. The van der Waals surface area contributed by atoms with Crippen LogP contribution in [-0.4, -0.2) is 49.9 Å². The molecule has 0 aromatic rings. The molecule has 2 N–H and O–H groups in total. The number of rotatable bonds is 2. The van der Waals surface area contributed by atoms with Gasteiger partial charge in [-0.05, 0) is 6.92 Å². The zero-order chi connectivity index (χ0) is 11.6. The molecular weight excluding hydrogens is 216 g/mol. The van der Waals surface area contributed by atoms with Crippen LogP contribution in [-0.2, 0) is 14.6 Å². The second kappa shape index (κ2) is 4.49. The molecule has 0 bridgehead atoms. The van der Waals surface area contributed by atoms with Crippen LogP contribution in [0.25, 0.3) is 0 Å². The van der Waals surface area contributed by atoms with E-state index < -0.39 is 9.84 Å². The minimum Gasteiger partial charge on any atom is -0.340 e. The minimum atomic E-state index is -2.92. The molecule has 1 aliphatic heterocycles. The van der Waals surface area contributed by atoms with Gasteiger partial charge in [0, 0.05) is 19.1 Å². The van der Waals surface area contributed by atoms with E-state index in [1.807, 2.05) is 0 Å². The van der Waals surface area contributed by atoms with Gasteiger partial charge in [0.1, 0.15) is 0 Å². The fourth-order valence-corrected chi connectivity index (χ4v) is 2.65. The van der Waals surface area contributed by atoms with Crippen LogP contribution in [0.1, 0.15) is 13.8 Å². The first-order valence-electron chi connectivity index (χ1n) is 5.08. The highest BCUT2D eigenvalue weighted by molar-refractivity contribution is 7.91. The molecule has 6 heteroatoms. The van der Waals surface area contributed by atoms with Crippen molar-refractivity contribution in [3.63, 3.8) is 0 Å². The number of hydrogen-bond acceptors (Lipinski definition) is 4. The molecule has 1 saturated heterocycles. The maximum absolute atomic E-state index is 11.8. The van der Waals surface area contributed by atoms with E-state index >= 15 is 0 Å².